The van der Waals surface area contributed by atoms with Gasteiger partial charge in [-0.15, -0.1) is 0 Å². The molecule has 15 heavy (non-hydrogen) atoms. The van der Waals surface area contributed by atoms with Crippen LogP contribution < -0.4 is 0 Å². The molecule has 1 aliphatic rings. The van der Waals surface area contributed by atoms with Crippen LogP contribution in [0.1, 0.15) is 24.0 Å². The SMILES string of the molecule is Cc1ccc(/C=C/C2=NOCCC2)cc1. The van der Waals surface area contributed by atoms with E-state index in [-0.39, 0.29) is 0 Å². The lowest BCUT2D eigenvalue weighted by molar-refractivity contribution is 0.132. The summed E-state index contributed by atoms with van der Waals surface area (Å²) >= 11 is 0. The van der Waals surface area contributed by atoms with Crippen LogP contribution in [0.5, 0.6) is 0 Å². The van der Waals surface area contributed by atoms with E-state index in [9.17, 15) is 0 Å². The molecule has 0 spiro atoms. The summed E-state index contributed by atoms with van der Waals surface area (Å²) in [6, 6.07) is 8.43. The van der Waals surface area contributed by atoms with Crippen molar-refractivity contribution in [3.05, 3.63) is 41.5 Å². The number of nitrogens with zero attached hydrogens (tertiary/aromatic N) is 1. The van der Waals surface area contributed by atoms with Gasteiger partial charge in [-0.25, -0.2) is 0 Å². The fraction of sp³-hybridized carbons (Fsp3) is 0.308. The zero-order valence-electron chi connectivity index (χ0n) is 8.94. The Kier molecular flexibility index (Phi) is 3.18. The first-order valence-electron chi connectivity index (χ1n) is 5.28. The number of aryl methyl sites for hydroxylation is 1. The van der Waals surface area contributed by atoms with E-state index in [0.717, 1.165) is 25.2 Å². The van der Waals surface area contributed by atoms with Crippen LogP contribution in [-0.4, -0.2) is 12.3 Å². The van der Waals surface area contributed by atoms with E-state index < -0.39 is 0 Å². The van der Waals surface area contributed by atoms with Gasteiger partial charge in [0.1, 0.15) is 6.61 Å². The second kappa shape index (κ2) is 4.78. The van der Waals surface area contributed by atoms with E-state index in [1.807, 2.05) is 6.08 Å². The summed E-state index contributed by atoms with van der Waals surface area (Å²) in [7, 11) is 0. The van der Waals surface area contributed by atoms with E-state index in [2.05, 4.69) is 42.4 Å². The summed E-state index contributed by atoms with van der Waals surface area (Å²) in [6.45, 7) is 2.84. The summed E-state index contributed by atoms with van der Waals surface area (Å²) in [5.41, 5.74) is 3.51. The highest BCUT2D eigenvalue weighted by molar-refractivity contribution is 5.98. The topological polar surface area (TPSA) is 21.6 Å². The first-order chi connectivity index (χ1) is 7.34. The Hall–Kier alpha value is -1.57. The molecule has 0 atom stereocenters. The molecule has 0 aromatic heterocycles. The van der Waals surface area contributed by atoms with Gasteiger partial charge in [-0.05, 0) is 31.4 Å². The number of oxime groups is 1. The van der Waals surface area contributed by atoms with Gasteiger partial charge in [0, 0.05) is 0 Å². The van der Waals surface area contributed by atoms with Gasteiger partial charge in [0.25, 0.3) is 0 Å². The smallest absolute Gasteiger partial charge is 0.117 e. The molecule has 0 N–H and O–H groups in total. The maximum absolute atomic E-state index is 5.03. The minimum Gasteiger partial charge on any atom is -0.396 e. The van der Waals surface area contributed by atoms with Crippen molar-refractivity contribution in [2.24, 2.45) is 5.16 Å². The molecule has 0 bridgehead atoms. The van der Waals surface area contributed by atoms with Gasteiger partial charge >= 0.3 is 0 Å². The second-order valence-corrected chi connectivity index (χ2v) is 3.76. The number of benzene rings is 1. The van der Waals surface area contributed by atoms with Crippen LogP contribution in [0.3, 0.4) is 0 Å². The number of rotatable bonds is 2. The van der Waals surface area contributed by atoms with Gasteiger partial charge in [0.15, 0.2) is 0 Å². The summed E-state index contributed by atoms with van der Waals surface area (Å²) in [4.78, 5) is 5.03. The van der Waals surface area contributed by atoms with Crippen molar-refractivity contribution in [1.29, 1.82) is 0 Å². The van der Waals surface area contributed by atoms with Crippen molar-refractivity contribution in [3.63, 3.8) is 0 Å². The fourth-order valence-electron chi connectivity index (χ4n) is 1.48. The predicted molar refractivity (Wildman–Crippen MR) is 62.8 cm³/mol. The summed E-state index contributed by atoms with van der Waals surface area (Å²) in [5, 5.41) is 3.99. The maximum atomic E-state index is 5.03. The molecule has 1 aliphatic heterocycles. The Balaban J connectivity index is 2.04. The molecule has 0 aliphatic carbocycles. The van der Waals surface area contributed by atoms with Gasteiger partial charge in [0.2, 0.25) is 0 Å². The van der Waals surface area contributed by atoms with Crippen molar-refractivity contribution in [2.75, 3.05) is 6.61 Å². The van der Waals surface area contributed by atoms with E-state index in [4.69, 9.17) is 4.84 Å². The van der Waals surface area contributed by atoms with Crippen LogP contribution in [0, 0.1) is 6.92 Å². The standard InChI is InChI=1S/C13H15NO/c1-11-4-6-12(7-5-11)8-9-13-3-2-10-15-14-13/h4-9H,2-3,10H2,1H3/b9-8+. The van der Waals surface area contributed by atoms with Gasteiger partial charge in [-0.2, -0.15) is 0 Å². The Morgan fingerprint density at radius 3 is 2.67 bits per heavy atom. The van der Waals surface area contributed by atoms with Gasteiger partial charge < -0.3 is 4.84 Å². The predicted octanol–water partition coefficient (Wildman–Crippen LogP) is 3.17. The van der Waals surface area contributed by atoms with Crippen LogP contribution in [0.4, 0.5) is 0 Å². The van der Waals surface area contributed by atoms with Crippen molar-refractivity contribution in [1.82, 2.24) is 0 Å². The highest BCUT2D eigenvalue weighted by Crippen LogP contribution is 2.08. The van der Waals surface area contributed by atoms with Crippen molar-refractivity contribution >= 4 is 11.8 Å². The summed E-state index contributed by atoms with van der Waals surface area (Å²) in [6.07, 6.45) is 6.19. The zero-order chi connectivity index (χ0) is 10.5. The fourth-order valence-corrected chi connectivity index (χ4v) is 1.48. The Morgan fingerprint density at radius 2 is 2.00 bits per heavy atom. The van der Waals surface area contributed by atoms with Crippen LogP contribution in [0.25, 0.3) is 6.08 Å². The Bertz CT molecular complexity index is 376. The van der Waals surface area contributed by atoms with Crippen LogP contribution in [-0.2, 0) is 4.84 Å². The van der Waals surface area contributed by atoms with Crippen LogP contribution in [0.15, 0.2) is 35.5 Å². The van der Waals surface area contributed by atoms with E-state index in [0.29, 0.717) is 0 Å². The van der Waals surface area contributed by atoms with Gasteiger partial charge in [-0.3, -0.25) is 0 Å². The van der Waals surface area contributed by atoms with Gasteiger partial charge in [-0.1, -0.05) is 41.1 Å². The Labute approximate surface area is 90.3 Å². The molecule has 78 valence electrons. The third kappa shape index (κ3) is 2.94. The average molecular weight is 201 g/mol. The molecule has 2 nitrogen and oxygen atoms in total. The first-order valence-corrected chi connectivity index (χ1v) is 5.28. The lowest BCUT2D eigenvalue weighted by Gasteiger charge is -2.07. The monoisotopic (exact) mass is 201 g/mol. The molecule has 0 radical (unpaired) electrons. The average Bonchev–Trinajstić information content (AvgIpc) is 2.30. The van der Waals surface area contributed by atoms with Crippen molar-refractivity contribution in [3.8, 4) is 0 Å². The second-order valence-electron chi connectivity index (χ2n) is 3.76. The minimum atomic E-state index is 0.752. The van der Waals surface area contributed by atoms with Crippen molar-refractivity contribution in [2.45, 2.75) is 19.8 Å². The van der Waals surface area contributed by atoms with E-state index >= 15 is 0 Å². The third-order valence-corrected chi connectivity index (χ3v) is 2.40. The van der Waals surface area contributed by atoms with Crippen molar-refractivity contribution < 1.29 is 4.84 Å². The molecule has 1 aromatic carbocycles. The molecule has 2 heteroatoms. The van der Waals surface area contributed by atoms with E-state index in [1.54, 1.807) is 0 Å². The molecule has 0 saturated heterocycles. The molecule has 0 amide bonds. The maximum Gasteiger partial charge on any atom is 0.117 e. The Morgan fingerprint density at radius 1 is 1.20 bits per heavy atom. The normalized spacial score (nSPS) is 16.2. The lowest BCUT2D eigenvalue weighted by atomic mass is 10.1. The molecule has 0 saturated carbocycles. The number of hydrogen-bond donors (Lipinski definition) is 0. The van der Waals surface area contributed by atoms with E-state index in [1.165, 1.54) is 11.1 Å². The van der Waals surface area contributed by atoms with Crippen LogP contribution in [0.2, 0.25) is 0 Å². The molecular formula is C13H15NO. The third-order valence-electron chi connectivity index (χ3n) is 2.40. The lowest BCUT2D eigenvalue weighted by Crippen LogP contribution is -2.04. The quantitative estimate of drug-likeness (QED) is 0.720. The molecular weight excluding hydrogens is 186 g/mol. The molecule has 1 aromatic rings. The number of hydrogen-bond acceptors (Lipinski definition) is 2. The minimum absolute atomic E-state index is 0.752. The highest BCUT2D eigenvalue weighted by Gasteiger charge is 2.01. The first kappa shape index (κ1) is 9.97. The molecule has 1 heterocycles. The molecule has 0 fully saturated rings. The molecule has 0 unspecified atom stereocenters. The van der Waals surface area contributed by atoms with Crippen LogP contribution >= 0.6 is 0 Å². The largest absolute Gasteiger partial charge is 0.396 e. The highest BCUT2D eigenvalue weighted by atomic mass is 16.6. The number of allylic oxidation sites excluding steroid dienone is 1. The summed E-state index contributed by atoms with van der Waals surface area (Å²) in [5.74, 6) is 0. The molecule has 2 rings (SSSR count). The summed E-state index contributed by atoms with van der Waals surface area (Å²) < 4.78 is 0. The zero-order valence-corrected chi connectivity index (χ0v) is 8.94. The van der Waals surface area contributed by atoms with Gasteiger partial charge in [0.05, 0.1) is 5.71 Å².